The Morgan fingerprint density at radius 3 is 2.80 bits per heavy atom. The third-order valence-corrected chi connectivity index (χ3v) is 5.51. The normalized spacial score (nSPS) is 18.7. The molecule has 2 N–H and O–H groups in total. The van der Waals surface area contributed by atoms with Gasteiger partial charge >= 0.3 is 0 Å². The number of hydrogen-bond acceptors (Lipinski definition) is 6. The smallest absolute Gasteiger partial charge is 0.252 e. The number of nitrogens with zero attached hydrogens (tertiary/aromatic N) is 4. The highest BCUT2D eigenvalue weighted by atomic mass is 19.1. The summed E-state index contributed by atoms with van der Waals surface area (Å²) >= 11 is 0. The van der Waals surface area contributed by atoms with E-state index < -0.39 is 24.2 Å². The number of rotatable bonds is 13. The molecule has 2 aromatic rings. The predicted molar refractivity (Wildman–Crippen MR) is 130 cm³/mol. The average Bonchev–Trinajstić information content (AvgIpc) is 3.27. The van der Waals surface area contributed by atoms with E-state index in [0.29, 0.717) is 35.5 Å². The lowest BCUT2D eigenvalue weighted by atomic mass is 9.82. The highest BCUT2D eigenvalue weighted by molar-refractivity contribution is 6.01. The molecule has 1 aliphatic rings. The monoisotopic (exact) mass is 481 g/mol. The van der Waals surface area contributed by atoms with Gasteiger partial charge in [0.05, 0.1) is 13.2 Å². The predicted octanol–water partition coefficient (Wildman–Crippen LogP) is 4.18. The van der Waals surface area contributed by atoms with Crippen molar-refractivity contribution in [2.24, 2.45) is 10.1 Å². The van der Waals surface area contributed by atoms with E-state index in [1.807, 2.05) is 0 Å². The fourth-order valence-electron chi connectivity index (χ4n) is 3.87. The third kappa shape index (κ3) is 5.98. The standard InChI is InChI=1S/C25H28FN5O4/c1-2-12-25(24(33)28-14-13-26)22(21-7-4-3-6-19(21)17-29-31-27)35-23(30-25)18-8-10-20(11-9-18)34-16-5-15-32/h2-4,6-11,22,32H,1,5,12-17H2,(H,28,33)/t22-,25-/m1/s1. The maximum absolute atomic E-state index is 13.4. The van der Waals surface area contributed by atoms with Crippen LogP contribution < -0.4 is 10.1 Å². The molecule has 1 amide bonds. The molecule has 10 heteroatoms. The Hall–Kier alpha value is -3.88. The molecule has 0 bridgehead atoms. The Balaban J connectivity index is 2.03. The molecule has 0 saturated carbocycles. The Kier molecular flexibility index (Phi) is 9.23. The van der Waals surface area contributed by atoms with E-state index in [1.54, 1.807) is 54.6 Å². The lowest BCUT2D eigenvalue weighted by Crippen LogP contribution is -2.48. The molecule has 0 aromatic heterocycles. The van der Waals surface area contributed by atoms with Crippen LogP contribution in [0.5, 0.6) is 5.75 Å². The highest BCUT2D eigenvalue weighted by Gasteiger charge is 2.52. The quantitative estimate of drug-likeness (QED) is 0.146. The zero-order chi connectivity index (χ0) is 25.1. The Bertz CT molecular complexity index is 1100. The molecule has 9 nitrogen and oxygen atoms in total. The summed E-state index contributed by atoms with van der Waals surface area (Å²) in [6, 6.07) is 14.2. The molecule has 0 unspecified atom stereocenters. The van der Waals surface area contributed by atoms with Gasteiger partial charge in [-0.3, -0.25) is 4.79 Å². The second-order valence-electron chi connectivity index (χ2n) is 7.81. The van der Waals surface area contributed by atoms with Crippen molar-refractivity contribution in [2.45, 2.75) is 31.0 Å². The number of azide groups is 1. The lowest BCUT2D eigenvalue weighted by molar-refractivity contribution is -0.128. The summed E-state index contributed by atoms with van der Waals surface area (Å²) < 4.78 is 24.8. The number of ether oxygens (including phenoxy) is 2. The van der Waals surface area contributed by atoms with E-state index in [-0.39, 0.29) is 32.0 Å². The minimum atomic E-state index is -1.44. The van der Waals surface area contributed by atoms with Crippen LogP contribution >= 0.6 is 0 Å². The van der Waals surface area contributed by atoms with Crippen molar-refractivity contribution in [1.29, 1.82) is 0 Å². The first-order valence-corrected chi connectivity index (χ1v) is 11.2. The number of benzene rings is 2. The number of hydrogen-bond donors (Lipinski definition) is 2. The number of aliphatic hydroxyl groups is 1. The minimum absolute atomic E-state index is 0.0428. The van der Waals surface area contributed by atoms with Gasteiger partial charge in [0.1, 0.15) is 12.4 Å². The van der Waals surface area contributed by atoms with Crippen LogP contribution in [0.4, 0.5) is 4.39 Å². The molecule has 2 atom stereocenters. The van der Waals surface area contributed by atoms with E-state index in [4.69, 9.17) is 25.1 Å². The summed E-state index contributed by atoms with van der Waals surface area (Å²) in [7, 11) is 0. The first-order valence-electron chi connectivity index (χ1n) is 11.2. The molecule has 1 aliphatic heterocycles. The molecule has 0 radical (unpaired) electrons. The maximum atomic E-state index is 13.4. The van der Waals surface area contributed by atoms with Crippen molar-refractivity contribution < 1.29 is 23.8 Å². The molecule has 0 spiro atoms. The molecular weight excluding hydrogens is 453 g/mol. The number of amides is 1. The van der Waals surface area contributed by atoms with Crippen molar-refractivity contribution >= 4 is 11.8 Å². The number of carbonyl (C=O) groups is 1. The molecular formula is C25H28FN5O4. The van der Waals surface area contributed by atoms with Crippen LogP contribution in [0.2, 0.25) is 0 Å². The van der Waals surface area contributed by atoms with Crippen LogP contribution in [0.25, 0.3) is 10.4 Å². The molecule has 184 valence electrons. The van der Waals surface area contributed by atoms with E-state index in [2.05, 4.69) is 21.9 Å². The molecule has 1 heterocycles. The van der Waals surface area contributed by atoms with Crippen molar-refractivity contribution in [1.82, 2.24) is 5.32 Å². The van der Waals surface area contributed by atoms with Crippen LogP contribution in [-0.2, 0) is 16.1 Å². The number of carbonyl (C=O) groups excluding carboxylic acids is 1. The summed E-state index contributed by atoms with van der Waals surface area (Å²) in [6.07, 6.45) is 1.37. The van der Waals surface area contributed by atoms with Gasteiger partial charge < -0.3 is 19.9 Å². The van der Waals surface area contributed by atoms with Gasteiger partial charge in [0.15, 0.2) is 11.6 Å². The zero-order valence-corrected chi connectivity index (χ0v) is 19.3. The van der Waals surface area contributed by atoms with Gasteiger partial charge in [-0.2, -0.15) is 0 Å². The Morgan fingerprint density at radius 1 is 1.34 bits per heavy atom. The number of aliphatic hydroxyl groups excluding tert-OH is 1. The number of alkyl halides is 1. The first kappa shape index (κ1) is 25.7. The Morgan fingerprint density at radius 2 is 2.11 bits per heavy atom. The fraction of sp³-hybridized carbons (Fsp3) is 0.360. The van der Waals surface area contributed by atoms with Crippen molar-refractivity contribution in [3.05, 3.63) is 88.3 Å². The molecule has 3 rings (SSSR count). The maximum Gasteiger partial charge on any atom is 0.252 e. The first-order chi connectivity index (χ1) is 17.1. The van der Waals surface area contributed by atoms with Gasteiger partial charge in [-0.05, 0) is 40.9 Å². The largest absolute Gasteiger partial charge is 0.494 e. The third-order valence-electron chi connectivity index (χ3n) is 5.51. The van der Waals surface area contributed by atoms with Crippen LogP contribution in [-0.4, -0.2) is 48.9 Å². The topological polar surface area (TPSA) is 129 Å². The van der Waals surface area contributed by atoms with Gasteiger partial charge in [0.2, 0.25) is 5.90 Å². The fourth-order valence-corrected chi connectivity index (χ4v) is 3.87. The molecule has 35 heavy (non-hydrogen) atoms. The van der Waals surface area contributed by atoms with Crippen LogP contribution in [0, 0.1) is 0 Å². The summed E-state index contributed by atoms with van der Waals surface area (Å²) in [6.45, 7) is 3.41. The van der Waals surface area contributed by atoms with Gasteiger partial charge in [0, 0.05) is 36.5 Å². The van der Waals surface area contributed by atoms with E-state index in [9.17, 15) is 9.18 Å². The second kappa shape index (κ2) is 12.5. The minimum Gasteiger partial charge on any atom is -0.494 e. The van der Waals surface area contributed by atoms with Crippen LogP contribution in [0.15, 0.2) is 71.3 Å². The van der Waals surface area contributed by atoms with Gasteiger partial charge in [-0.15, -0.1) is 6.58 Å². The average molecular weight is 482 g/mol. The molecule has 2 aromatic carbocycles. The van der Waals surface area contributed by atoms with Gasteiger partial charge in [0.25, 0.3) is 5.91 Å². The number of halogens is 1. The summed E-state index contributed by atoms with van der Waals surface area (Å²) in [4.78, 5) is 20.9. The van der Waals surface area contributed by atoms with Crippen LogP contribution in [0.3, 0.4) is 0 Å². The summed E-state index contributed by atoms with van der Waals surface area (Å²) in [5.74, 6) is 0.375. The van der Waals surface area contributed by atoms with Crippen molar-refractivity contribution in [2.75, 3.05) is 26.4 Å². The zero-order valence-electron chi connectivity index (χ0n) is 19.3. The number of nitrogens with one attached hydrogen (secondary N) is 1. The van der Waals surface area contributed by atoms with Gasteiger partial charge in [-0.1, -0.05) is 35.5 Å². The van der Waals surface area contributed by atoms with E-state index in [1.165, 1.54) is 0 Å². The van der Waals surface area contributed by atoms with Crippen molar-refractivity contribution in [3.8, 4) is 5.75 Å². The van der Waals surface area contributed by atoms with E-state index >= 15 is 0 Å². The number of aliphatic imine (C=N–C) groups is 1. The molecule has 0 fully saturated rings. The summed E-state index contributed by atoms with van der Waals surface area (Å²) in [5.41, 5.74) is 9.32. The van der Waals surface area contributed by atoms with Crippen LogP contribution in [0.1, 0.15) is 35.6 Å². The van der Waals surface area contributed by atoms with E-state index in [0.717, 1.165) is 0 Å². The Labute approximate surface area is 202 Å². The molecule has 0 saturated heterocycles. The summed E-state index contributed by atoms with van der Waals surface area (Å²) in [5, 5.41) is 15.2. The lowest BCUT2D eigenvalue weighted by Gasteiger charge is -2.30. The second-order valence-corrected chi connectivity index (χ2v) is 7.81. The molecule has 0 aliphatic carbocycles. The SMILES string of the molecule is C=CC[C@@]1(C(=O)NCCF)N=C(c2ccc(OCCCO)cc2)O[C@@H]1c1ccccc1CN=[N+]=[N-]. The van der Waals surface area contributed by atoms with Gasteiger partial charge in [-0.25, -0.2) is 9.38 Å². The van der Waals surface area contributed by atoms with Crippen molar-refractivity contribution in [3.63, 3.8) is 0 Å². The highest BCUT2D eigenvalue weighted by Crippen LogP contribution is 2.44.